The van der Waals surface area contributed by atoms with Crippen LogP contribution in [0.2, 0.25) is 0 Å². The zero-order valence-corrected chi connectivity index (χ0v) is 13.9. The van der Waals surface area contributed by atoms with Crippen LogP contribution in [0, 0.1) is 0 Å². The van der Waals surface area contributed by atoms with Crippen molar-refractivity contribution in [3.8, 4) is 5.88 Å². The lowest BCUT2D eigenvalue weighted by molar-refractivity contribution is 0.125. The maximum absolute atomic E-state index is 9.67. The van der Waals surface area contributed by atoms with Gasteiger partial charge in [-0.25, -0.2) is 4.98 Å². The number of anilines is 1. The Balaban J connectivity index is 1.77. The first-order valence-electron chi connectivity index (χ1n) is 7.72. The second-order valence-corrected chi connectivity index (χ2v) is 5.96. The minimum Gasteiger partial charge on any atom is -0.481 e. The molecule has 1 fully saturated rings. The Morgan fingerprint density at radius 1 is 1.26 bits per heavy atom. The van der Waals surface area contributed by atoms with Gasteiger partial charge in [-0.1, -0.05) is 0 Å². The quantitative estimate of drug-likeness (QED) is 0.832. The number of β-amino-alcohol motifs (C(OH)–C–C–N with tert-alkyl or cyclic N) is 1. The number of nitrogens with zero attached hydrogens (tertiary/aromatic N) is 4. The molecule has 1 aliphatic rings. The summed E-state index contributed by atoms with van der Waals surface area (Å²) in [6.07, 6.45) is 1.35. The molecule has 1 aliphatic heterocycles. The van der Waals surface area contributed by atoms with Crippen LogP contribution in [-0.4, -0.2) is 71.8 Å². The van der Waals surface area contributed by atoms with E-state index in [1.54, 1.807) is 7.11 Å². The highest BCUT2D eigenvalue weighted by atomic mass is 35.5. The molecule has 3 rings (SSSR count). The summed E-state index contributed by atoms with van der Waals surface area (Å²) >= 11 is 5.68. The standard InChI is InChI=1S/C16H21ClN4O2/c1-23-15-3-2-13-16(19-15)14(4-5-18-13)21-8-6-20(7-9-21)11-12(22)10-17/h2-5,12,22H,6-11H2,1H3. The molecule has 0 aromatic carbocycles. The van der Waals surface area contributed by atoms with Crippen LogP contribution < -0.4 is 9.64 Å². The molecule has 3 heterocycles. The second kappa shape index (κ2) is 7.29. The normalized spacial score (nSPS) is 17.4. The predicted octanol–water partition coefficient (Wildman–Crippen LogP) is 1.36. The minimum absolute atomic E-state index is 0.277. The van der Waals surface area contributed by atoms with Crippen LogP contribution in [0.1, 0.15) is 0 Å². The van der Waals surface area contributed by atoms with E-state index in [1.807, 2.05) is 24.4 Å². The Morgan fingerprint density at radius 3 is 2.74 bits per heavy atom. The fraction of sp³-hybridized carbons (Fsp3) is 0.500. The van der Waals surface area contributed by atoms with Gasteiger partial charge < -0.3 is 14.7 Å². The summed E-state index contributed by atoms with van der Waals surface area (Å²) in [5.74, 6) is 0.870. The summed E-state index contributed by atoms with van der Waals surface area (Å²) in [5.41, 5.74) is 2.80. The number of ether oxygens (including phenoxy) is 1. The number of aliphatic hydroxyl groups excluding tert-OH is 1. The van der Waals surface area contributed by atoms with Crippen LogP contribution in [0.15, 0.2) is 24.4 Å². The lowest BCUT2D eigenvalue weighted by Crippen LogP contribution is -2.48. The van der Waals surface area contributed by atoms with E-state index in [2.05, 4.69) is 19.8 Å². The molecule has 7 heteroatoms. The first-order valence-corrected chi connectivity index (χ1v) is 8.26. The van der Waals surface area contributed by atoms with Crippen molar-refractivity contribution in [1.29, 1.82) is 0 Å². The number of fused-ring (bicyclic) bond motifs is 1. The van der Waals surface area contributed by atoms with Gasteiger partial charge in [0.1, 0.15) is 5.52 Å². The third kappa shape index (κ3) is 3.65. The largest absolute Gasteiger partial charge is 0.481 e. The first kappa shape index (κ1) is 16.2. The van der Waals surface area contributed by atoms with Gasteiger partial charge in [-0.3, -0.25) is 9.88 Å². The van der Waals surface area contributed by atoms with Crippen molar-refractivity contribution in [2.75, 3.05) is 50.6 Å². The number of hydrogen-bond donors (Lipinski definition) is 1. The third-order valence-corrected chi connectivity index (χ3v) is 4.46. The van der Waals surface area contributed by atoms with Gasteiger partial charge in [0.15, 0.2) is 0 Å². The molecule has 2 aromatic rings. The average molecular weight is 337 g/mol. The number of halogens is 1. The second-order valence-electron chi connectivity index (χ2n) is 5.65. The van der Waals surface area contributed by atoms with Crippen molar-refractivity contribution < 1.29 is 9.84 Å². The summed E-state index contributed by atoms with van der Waals surface area (Å²) in [5, 5.41) is 9.67. The molecule has 0 radical (unpaired) electrons. The van der Waals surface area contributed by atoms with Crippen molar-refractivity contribution in [3.63, 3.8) is 0 Å². The van der Waals surface area contributed by atoms with Crippen LogP contribution >= 0.6 is 11.6 Å². The zero-order valence-electron chi connectivity index (χ0n) is 13.2. The number of rotatable bonds is 5. The Labute approximate surface area is 140 Å². The lowest BCUT2D eigenvalue weighted by atomic mass is 10.2. The topological polar surface area (TPSA) is 61.7 Å². The highest BCUT2D eigenvalue weighted by Crippen LogP contribution is 2.26. The van der Waals surface area contributed by atoms with E-state index in [-0.39, 0.29) is 5.88 Å². The summed E-state index contributed by atoms with van der Waals surface area (Å²) in [4.78, 5) is 13.5. The molecule has 0 amide bonds. The van der Waals surface area contributed by atoms with Crippen molar-refractivity contribution in [2.24, 2.45) is 0 Å². The minimum atomic E-state index is -0.462. The maximum atomic E-state index is 9.67. The Hall–Kier alpha value is -1.63. The van der Waals surface area contributed by atoms with Crippen LogP contribution in [0.25, 0.3) is 11.0 Å². The number of aromatic nitrogens is 2. The van der Waals surface area contributed by atoms with E-state index in [9.17, 15) is 5.11 Å². The monoisotopic (exact) mass is 336 g/mol. The molecule has 2 aromatic heterocycles. The number of piperazine rings is 1. The summed E-state index contributed by atoms with van der Waals surface area (Å²) in [6.45, 7) is 4.17. The van der Waals surface area contributed by atoms with Gasteiger partial charge in [0, 0.05) is 50.9 Å². The SMILES string of the molecule is COc1ccc2nccc(N3CCN(CC(O)CCl)CC3)c2n1. The molecule has 0 saturated carbocycles. The van der Waals surface area contributed by atoms with Crippen LogP contribution in [0.4, 0.5) is 5.69 Å². The van der Waals surface area contributed by atoms with E-state index in [1.165, 1.54) is 0 Å². The van der Waals surface area contributed by atoms with E-state index >= 15 is 0 Å². The average Bonchev–Trinajstić information content (AvgIpc) is 2.61. The highest BCUT2D eigenvalue weighted by Gasteiger charge is 2.21. The van der Waals surface area contributed by atoms with Gasteiger partial charge in [0.25, 0.3) is 0 Å². The Morgan fingerprint density at radius 2 is 2.04 bits per heavy atom. The van der Waals surface area contributed by atoms with E-state index < -0.39 is 6.10 Å². The van der Waals surface area contributed by atoms with Gasteiger partial charge in [-0.2, -0.15) is 0 Å². The molecule has 23 heavy (non-hydrogen) atoms. The van der Waals surface area contributed by atoms with Gasteiger partial charge in [0.05, 0.1) is 24.4 Å². The molecular formula is C16H21ClN4O2. The highest BCUT2D eigenvalue weighted by molar-refractivity contribution is 6.18. The van der Waals surface area contributed by atoms with E-state index in [4.69, 9.17) is 16.3 Å². The predicted molar refractivity (Wildman–Crippen MR) is 91.5 cm³/mol. The van der Waals surface area contributed by atoms with Gasteiger partial charge >= 0.3 is 0 Å². The van der Waals surface area contributed by atoms with Gasteiger partial charge in [-0.15, -0.1) is 11.6 Å². The molecule has 1 saturated heterocycles. The molecule has 0 aliphatic carbocycles. The number of alkyl halides is 1. The van der Waals surface area contributed by atoms with Gasteiger partial charge in [-0.05, 0) is 12.1 Å². The number of aliphatic hydroxyl groups is 1. The molecule has 1 unspecified atom stereocenters. The molecule has 0 spiro atoms. The van der Waals surface area contributed by atoms with Crippen molar-refractivity contribution >= 4 is 28.3 Å². The Bertz CT molecular complexity index is 662. The molecule has 1 atom stereocenters. The fourth-order valence-corrected chi connectivity index (χ4v) is 2.98. The molecular weight excluding hydrogens is 316 g/mol. The van der Waals surface area contributed by atoms with Crippen LogP contribution in [0.3, 0.4) is 0 Å². The summed E-state index contributed by atoms with van der Waals surface area (Å²) in [7, 11) is 1.62. The summed E-state index contributed by atoms with van der Waals surface area (Å²) in [6, 6.07) is 5.75. The lowest BCUT2D eigenvalue weighted by Gasteiger charge is -2.36. The van der Waals surface area contributed by atoms with Crippen molar-refractivity contribution in [3.05, 3.63) is 24.4 Å². The molecule has 124 valence electrons. The molecule has 1 N–H and O–H groups in total. The van der Waals surface area contributed by atoms with Crippen molar-refractivity contribution in [2.45, 2.75) is 6.10 Å². The Kier molecular flexibility index (Phi) is 5.15. The summed E-state index contributed by atoms with van der Waals surface area (Å²) < 4.78 is 5.23. The smallest absolute Gasteiger partial charge is 0.213 e. The first-order chi connectivity index (χ1) is 11.2. The van der Waals surface area contributed by atoms with Crippen LogP contribution in [0.5, 0.6) is 5.88 Å². The van der Waals surface area contributed by atoms with E-state index in [0.29, 0.717) is 12.4 Å². The molecule has 0 bridgehead atoms. The zero-order chi connectivity index (χ0) is 16.2. The van der Waals surface area contributed by atoms with Crippen LogP contribution in [-0.2, 0) is 0 Å². The number of pyridine rings is 2. The van der Waals surface area contributed by atoms with E-state index in [0.717, 1.165) is 42.9 Å². The van der Waals surface area contributed by atoms with Crippen molar-refractivity contribution in [1.82, 2.24) is 14.9 Å². The fourth-order valence-electron chi connectivity index (χ4n) is 2.88. The molecule has 6 nitrogen and oxygen atoms in total. The number of methoxy groups -OCH3 is 1. The van der Waals surface area contributed by atoms with Gasteiger partial charge in [0.2, 0.25) is 5.88 Å². The maximum Gasteiger partial charge on any atom is 0.213 e. The third-order valence-electron chi connectivity index (χ3n) is 4.11. The number of hydrogen-bond acceptors (Lipinski definition) is 6.